The Morgan fingerprint density at radius 2 is 1.72 bits per heavy atom. The van der Waals surface area contributed by atoms with Crippen molar-refractivity contribution in [3.63, 3.8) is 0 Å². The van der Waals surface area contributed by atoms with Crippen LogP contribution in [-0.2, 0) is 0 Å². The zero-order valence-corrected chi connectivity index (χ0v) is 18.2. The minimum atomic E-state index is -0.406. The first-order valence-corrected chi connectivity index (χ1v) is 10.3. The summed E-state index contributed by atoms with van der Waals surface area (Å²) in [5, 5.41) is 3.77. The molecule has 32 heavy (non-hydrogen) atoms. The van der Waals surface area contributed by atoms with Crippen LogP contribution >= 0.6 is 11.6 Å². The molecule has 0 unspecified atom stereocenters. The van der Waals surface area contributed by atoms with E-state index in [9.17, 15) is 9.59 Å². The summed E-state index contributed by atoms with van der Waals surface area (Å²) in [5.74, 6) is 0.365. The van der Waals surface area contributed by atoms with Crippen molar-refractivity contribution >= 4 is 39.9 Å². The molecule has 0 saturated carbocycles. The first kappa shape index (κ1) is 21.5. The summed E-state index contributed by atoms with van der Waals surface area (Å²) in [5.41, 5.74) is 1.52. The van der Waals surface area contributed by atoms with Gasteiger partial charge >= 0.3 is 0 Å². The lowest BCUT2D eigenvalue weighted by Gasteiger charge is -2.09. The number of carbonyl (C=O) groups is 2. The molecule has 0 aliphatic rings. The average molecular weight is 450 g/mol. The number of ether oxygens (including phenoxy) is 2. The maximum atomic E-state index is 13.3. The average Bonchev–Trinajstić information content (AvgIpc) is 3.18. The van der Waals surface area contributed by atoms with Gasteiger partial charge in [-0.25, -0.2) is 0 Å². The molecule has 0 radical (unpaired) electrons. The van der Waals surface area contributed by atoms with Gasteiger partial charge in [0.2, 0.25) is 5.78 Å². The van der Waals surface area contributed by atoms with Crippen molar-refractivity contribution in [1.29, 1.82) is 0 Å². The third-order valence-electron chi connectivity index (χ3n) is 4.89. The number of rotatable bonds is 7. The van der Waals surface area contributed by atoms with Crippen molar-refractivity contribution in [1.82, 2.24) is 0 Å². The fourth-order valence-electron chi connectivity index (χ4n) is 3.30. The Kier molecular flexibility index (Phi) is 6.14. The number of nitrogens with one attached hydrogen (secondary N) is 1. The maximum absolute atomic E-state index is 13.3. The molecule has 0 atom stereocenters. The first-order chi connectivity index (χ1) is 15.5. The third-order valence-corrected chi connectivity index (χ3v) is 5.18. The number of fused-ring (bicyclic) bond motifs is 1. The summed E-state index contributed by atoms with van der Waals surface area (Å²) < 4.78 is 16.4. The van der Waals surface area contributed by atoms with Crippen molar-refractivity contribution in [2.75, 3.05) is 19.0 Å². The van der Waals surface area contributed by atoms with E-state index in [0.717, 1.165) is 0 Å². The Morgan fingerprint density at radius 3 is 2.41 bits per heavy atom. The highest BCUT2D eigenvalue weighted by molar-refractivity contribution is 6.32. The first-order valence-electron chi connectivity index (χ1n) is 9.95. The van der Waals surface area contributed by atoms with Gasteiger partial charge in [-0.3, -0.25) is 9.59 Å². The lowest BCUT2D eigenvalue weighted by Crippen LogP contribution is -2.14. The standard InChI is InChI=1S/C25H20ClNO5/c1-3-31-21-13-10-16(14-19(21)26)23(28)24-22(18-6-4-5-7-20(18)32-24)27-25(29)15-8-11-17(30-2)12-9-15/h4-14H,3H2,1-2H3,(H,27,29). The van der Waals surface area contributed by atoms with Gasteiger partial charge in [-0.15, -0.1) is 0 Å². The smallest absolute Gasteiger partial charge is 0.255 e. The van der Waals surface area contributed by atoms with Crippen molar-refractivity contribution in [3.8, 4) is 11.5 Å². The number of benzene rings is 3. The van der Waals surface area contributed by atoms with Gasteiger partial charge in [-0.05, 0) is 61.5 Å². The molecule has 3 aromatic carbocycles. The van der Waals surface area contributed by atoms with E-state index in [1.165, 1.54) is 6.07 Å². The molecule has 1 N–H and O–H groups in total. The molecule has 4 rings (SSSR count). The number of para-hydroxylation sites is 1. The van der Waals surface area contributed by atoms with E-state index in [1.807, 2.05) is 13.0 Å². The Morgan fingerprint density at radius 1 is 1.00 bits per heavy atom. The van der Waals surface area contributed by atoms with E-state index in [4.69, 9.17) is 25.5 Å². The highest BCUT2D eigenvalue weighted by Crippen LogP contribution is 2.34. The Labute approximate surface area is 189 Å². The molecule has 0 aliphatic heterocycles. The summed E-state index contributed by atoms with van der Waals surface area (Å²) in [6.07, 6.45) is 0. The molecule has 162 valence electrons. The molecule has 1 heterocycles. The lowest BCUT2D eigenvalue weighted by molar-refractivity contribution is 0.101. The van der Waals surface area contributed by atoms with Gasteiger partial charge in [0.25, 0.3) is 5.91 Å². The number of ketones is 1. The van der Waals surface area contributed by atoms with Crippen LogP contribution in [0.2, 0.25) is 5.02 Å². The number of hydrogen-bond donors (Lipinski definition) is 1. The molecule has 1 aromatic heterocycles. The molecule has 7 heteroatoms. The minimum absolute atomic E-state index is 0.0216. The highest BCUT2D eigenvalue weighted by atomic mass is 35.5. The second kappa shape index (κ2) is 9.16. The largest absolute Gasteiger partial charge is 0.497 e. The van der Waals surface area contributed by atoms with E-state index in [-0.39, 0.29) is 11.7 Å². The summed E-state index contributed by atoms with van der Waals surface area (Å²) in [7, 11) is 1.55. The van der Waals surface area contributed by atoms with Gasteiger partial charge in [-0.1, -0.05) is 23.7 Å². The van der Waals surface area contributed by atoms with Crippen LogP contribution in [0.3, 0.4) is 0 Å². The van der Waals surface area contributed by atoms with E-state index in [1.54, 1.807) is 61.7 Å². The van der Waals surface area contributed by atoms with Crippen molar-refractivity contribution < 1.29 is 23.5 Å². The monoisotopic (exact) mass is 449 g/mol. The van der Waals surface area contributed by atoms with Gasteiger partial charge in [0.15, 0.2) is 5.76 Å². The van der Waals surface area contributed by atoms with Gasteiger partial charge in [-0.2, -0.15) is 0 Å². The number of carbonyl (C=O) groups excluding carboxylic acids is 2. The molecule has 4 aromatic rings. The maximum Gasteiger partial charge on any atom is 0.255 e. The lowest BCUT2D eigenvalue weighted by atomic mass is 10.1. The van der Waals surface area contributed by atoms with Gasteiger partial charge in [0, 0.05) is 16.5 Å². The number of hydrogen-bond acceptors (Lipinski definition) is 5. The second-order valence-corrected chi connectivity index (χ2v) is 7.30. The Balaban J connectivity index is 1.72. The van der Waals surface area contributed by atoms with E-state index in [0.29, 0.717) is 50.9 Å². The van der Waals surface area contributed by atoms with Crippen LogP contribution in [-0.4, -0.2) is 25.4 Å². The molecular formula is C25H20ClNO5. The number of furan rings is 1. The number of halogens is 1. The zero-order valence-electron chi connectivity index (χ0n) is 17.5. The van der Waals surface area contributed by atoms with Gasteiger partial charge < -0.3 is 19.2 Å². The predicted molar refractivity (Wildman–Crippen MR) is 123 cm³/mol. The normalized spacial score (nSPS) is 10.7. The van der Waals surface area contributed by atoms with Crippen LogP contribution in [0, 0.1) is 0 Å². The molecule has 0 saturated heterocycles. The third kappa shape index (κ3) is 4.18. The van der Waals surface area contributed by atoms with E-state index in [2.05, 4.69) is 5.32 Å². The second-order valence-electron chi connectivity index (χ2n) is 6.89. The zero-order chi connectivity index (χ0) is 22.7. The summed E-state index contributed by atoms with van der Waals surface area (Å²) >= 11 is 6.26. The summed E-state index contributed by atoms with van der Waals surface area (Å²) in [6, 6.07) is 18.6. The Hall–Kier alpha value is -3.77. The molecule has 1 amide bonds. The minimum Gasteiger partial charge on any atom is -0.497 e. The summed E-state index contributed by atoms with van der Waals surface area (Å²) in [4.78, 5) is 26.2. The molecule has 6 nitrogen and oxygen atoms in total. The molecule has 0 fully saturated rings. The predicted octanol–water partition coefficient (Wildman–Crippen LogP) is 5.98. The van der Waals surface area contributed by atoms with Crippen LogP contribution < -0.4 is 14.8 Å². The van der Waals surface area contributed by atoms with Crippen LogP contribution in [0.4, 0.5) is 5.69 Å². The quantitative estimate of drug-likeness (QED) is 0.351. The Bertz CT molecular complexity index is 1290. The number of amides is 1. The molecule has 0 bridgehead atoms. The SMILES string of the molecule is CCOc1ccc(C(=O)c2oc3ccccc3c2NC(=O)c2ccc(OC)cc2)cc1Cl. The van der Waals surface area contributed by atoms with Crippen LogP contribution in [0.25, 0.3) is 11.0 Å². The molecule has 0 spiro atoms. The van der Waals surface area contributed by atoms with Crippen molar-refractivity contribution in [2.24, 2.45) is 0 Å². The van der Waals surface area contributed by atoms with Gasteiger partial charge in [0.05, 0.1) is 24.4 Å². The fraction of sp³-hybridized carbons (Fsp3) is 0.120. The van der Waals surface area contributed by atoms with E-state index >= 15 is 0 Å². The molecular weight excluding hydrogens is 430 g/mol. The number of anilines is 1. The van der Waals surface area contributed by atoms with E-state index < -0.39 is 5.78 Å². The van der Waals surface area contributed by atoms with Crippen LogP contribution in [0.15, 0.2) is 71.1 Å². The molecule has 0 aliphatic carbocycles. The summed E-state index contributed by atoms with van der Waals surface area (Å²) in [6.45, 7) is 2.31. The van der Waals surface area contributed by atoms with Gasteiger partial charge in [0.1, 0.15) is 17.1 Å². The number of methoxy groups -OCH3 is 1. The van der Waals surface area contributed by atoms with Crippen molar-refractivity contribution in [2.45, 2.75) is 6.92 Å². The highest BCUT2D eigenvalue weighted by Gasteiger charge is 2.24. The van der Waals surface area contributed by atoms with Crippen LogP contribution in [0.5, 0.6) is 11.5 Å². The fourth-order valence-corrected chi connectivity index (χ4v) is 3.54. The van der Waals surface area contributed by atoms with Crippen LogP contribution in [0.1, 0.15) is 33.4 Å². The van der Waals surface area contributed by atoms with Crippen molar-refractivity contribution in [3.05, 3.63) is 88.6 Å². The topological polar surface area (TPSA) is 77.8 Å².